The summed E-state index contributed by atoms with van der Waals surface area (Å²) in [4.78, 5) is 20.9. The number of sulfonamides is 1. The number of aromatic nitrogens is 2. The Morgan fingerprint density at radius 1 is 1.16 bits per heavy atom. The summed E-state index contributed by atoms with van der Waals surface area (Å²) in [5.41, 5.74) is 0. The van der Waals surface area contributed by atoms with Crippen molar-refractivity contribution in [3.63, 3.8) is 0 Å². The number of morpholine rings is 1. The van der Waals surface area contributed by atoms with Crippen LogP contribution >= 0.6 is 11.3 Å². The third-order valence-electron chi connectivity index (χ3n) is 6.66. The predicted molar refractivity (Wildman–Crippen MR) is 118 cm³/mol. The number of carbonyl (C=O) groups is 1. The van der Waals surface area contributed by atoms with E-state index in [-0.39, 0.29) is 23.3 Å². The summed E-state index contributed by atoms with van der Waals surface area (Å²) in [5.74, 6) is 1.14. The fourth-order valence-corrected chi connectivity index (χ4v) is 7.54. The molecule has 2 aromatic heterocycles. The molecule has 1 aliphatic carbocycles. The summed E-state index contributed by atoms with van der Waals surface area (Å²) in [6.07, 6.45) is 4.68. The van der Waals surface area contributed by atoms with Gasteiger partial charge in [-0.2, -0.15) is 9.29 Å². The molecule has 3 aliphatic rings. The largest absolute Gasteiger partial charge is 0.378 e. The van der Waals surface area contributed by atoms with E-state index in [1.54, 1.807) is 17.9 Å². The monoisotopic (exact) mass is 480 g/mol. The highest BCUT2D eigenvalue weighted by Crippen LogP contribution is 2.38. The highest BCUT2D eigenvalue weighted by atomic mass is 32.2. The van der Waals surface area contributed by atoms with Gasteiger partial charge in [-0.15, -0.1) is 11.3 Å². The fourth-order valence-electron chi connectivity index (χ4n) is 4.53. The maximum absolute atomic E-state index is 13.5. The average Bonchev–Trinajstić information content (AvgIpc) is 3.40. The number of piperidine rings is 1. The second kappa shape index (κ2) is 8.85. The van der Waals surface area contributed by atoms with Crippen LogP contribution in [0.1, 0.15) is 48.8 Å². The molecule has 4 heterocycles. The van der Waals surface area contributed by atoms with Gasteiger partial charge in [-0.1, -0.05) is 11.6 Å². The van der Waals surface area contributed by atoms with Crippen LogP contribution in [0.3, 0.4) is 0 Å². The normalized spacial score (nSPS) is 23.3. The van der Waals surface area contributed by atoms with E-state index in [2.05, 4.69) is 10.1 Å². The van der Waals surface area contributed by atoms with Gasteiger partial charge in [-0.3, -0.25) is 4.79 Å². The number of rotatable bonds is 5. The van der Waals surface area contributed by atoms with Crippen LogP contribution in [0.5, 0.6) is 0 Å². The molecule has 0 unspecified atom stereocenters. The lowest BCUT2D eigenvalue weighted by Gasteiger charge is -2.35. The van der Waals surface area contributed by atoms with E-state index >= 15 is 0 Å². The molecule has 0 N–H and O–H groups in total. The molecule has 3 fully saturated rings. The number of hydrogen-bond donors (Lipinski definition) is 0. The Balaban J connectivity index is 1.33. The quantitative estimate of drug-likeness (QED) is 0.648. The number of nitrogens with zero attached hydrogens (tertiary/aromatic N) is 4. The van der Waals surface area contributed by atoms with Gasteiger partial charge >= 0.3 is 0 Å². The van der Waals surface area contributed by atoms with Crippen LogP contribution in [0.4, 0.5) is 0 Å². The first-order chi connectivity index (χ1) is 15.4. The molecular formula is C21H28N4O5S2. The van der Waals surface area contributed by atoms with Gasteiger partial charge in [0, 0.05) is 37.0 Å². The fraction of sp³-hybridized carbons (Fsp3) is 0.667. The lowest BCUT2D eigenvalue weighted by molar-refractivity contribution is -0.140. The molecule has 0 spiro atoms. The Kier molecular flexibility index (Phi) is 6.08. The Bertz CT molecular complexity index is 1090. The molecule has 0 aromatic carbocycles. The van der Waals surface area contributed by atoms with Gasteiger partial charge in [0.25, 0.3) is 0 Å². The summed E-state index contributed by atoms with van der Waals surface area (Å²) in [6, 6.07) is 1.65. The molecule has 174 valence electrons. The molecule has 9 nitrogen and oxygen atoms in total. The molecule has 32 heavy (non-hydrogen) atoms. The van der Waals surface area contributed by atoms with Crippen molar-refractivity contribution in [3.05, 3.63) is 16.8 Å². The first kappa shape index (κ1) is 22.0. The predicted octanol–water partition coefficient (Wildman–Crippen LogP) is 2.63. The van der Waals surface area contributed by atoms with Gasteiger partial charge in [0.1, 0.15) is 0 Å². The van der Waals surface area contributed by atoms with Crippen molar-refractivity contribution in [2.24, 2.45) is 5.92 Å². The molecule has 2 saturated heterocycles. The molecule has 1 amide bonds. The third-order valence-corrected chi connectivity index (χ3v) is 9.83. The van der Waals surface area contributed by atoms with Crippen molar-refractivity contribution in [2.45, 2.75) is 49.8 Å². The Labute approximate surface area is 191 Å². The molecule has 1 atom stereocenters. The van der Waals surface area contributed by atoms with Crippen molar-refractivity contribution < 1.29 is 22.5 Å². The van der Waals surface area contributed by atoms with Crippen LogP contribution in [0.25, 0.3) is 10.7 Å². The zero-order valence-corrected chi connectivity index (χ0v) is 19.8. The first-order valence-corrected chi connectivity index (χ1v) is 13.5. The van der Waals surface area contributed by atoms with Crippen molar-refractivity contribution in [1.82, 2.24) is 19.3 Å². The zero-order valence-electron chi connectivity index (χ0n) is 18.2. The minimum Gasteiger partial charge on any atom is -0.378 e. The van der Waals surface area contributed by atoms with E-state index in [4.69, 9.17) is 9.26 Å². The maximum Gasteiger partial charge on any atom is 0.244 e. The van der Waals surface area contributed by atoms with Crippen LogP contribution in [-0.4, -0.2) is 73.1 Å². The molecular weight excluding hydrogens is 452 g/mol. The summed E-state index contributed by atoms with van der Waals surface area (Å²) < 4.78 is 39.2. The molecule has 2 aliphatic heterocycles. The van der Waals surface area contributed by atoms with Gasteiger partial charge in [0.15, 0.2) is 0 Å². The van der Waals surface area contributed by atoms with Crippen molar-refractivity contribution in [2.75, 3.05) is 39.4 Å². The van der Waals surface area contributed by atoms with Crippen LogP contribution in [0, 0.1) is 12.8 Å². The van der Waals surface area contributed by atoms with E-state index in [0.29, 0.717) is 73.1 Å². The van der Waals surface area contributed by atoms with Gasteiger partial charge in [-0.25, -0.2) is 8.42 Å². The van der Waals surface area contributed by atoms with Gasteiger partial charge in [0.2, 0.25) is 27.6 Å². The number of thiophene rings is 1. The van der Waals surface area contributed by atoms with Gasteiger partial charge < -0.3 is 14.2 Å². The average molecular weight is 481 g/mol. The first-order valence-electron chi connectivity index (χ1n) is 11.2. The van der Waals surface area contributed by atoms with Crippen LogP contribution in [0.15, 0.2) is 15.5 Å². The molecule has 5 rings (SSSR count). The second-order valence-electron chi connectivity index (χ2n) is 8.75. The van der Waals surface area contributed by atoms with Gasteiger partial charge in [-0.05, 0) is 38.7 Å². The Hall–Kier alpha value is -1.82. The SMILES string of the molecule is Cc1sc(-c2noc(C3CCC3)n2)cc1S(=O)(=O)N1CCC[C@@H](C(=O)N2CCOCC2)C1. The van der Waals surface area contributed by atoms with Crippen molar-refractivity contribution in [1.29, 1.82) is 0 Å². The van der Waals surface area contributed by atoms with Gasteiger partial charge in [0.05, 0.1) is 28.9 Å². The van der Waals surface area contributed by atoms with Crippen LogP contribution in [-0.2, 0) is 19.6 Å². The lowest BCUT2D eigenvalue weighted by atomic mass is 9.85. The summed E-state index contributed by atoms with van der Waals surface area (Å²) in [6.45, 7) is 4.66. The number of carbonyl (C=O) groups excluding carboxylic acids is 1. The maximum atomic E-state index is 13.5. The standard InChI is InChI=1S/C21H28N4O5S2/c1-14-18(12-17(31-14)19-22-20(30-23-19)15-4-2-5-15)32(27,28)25-7-3-6-16(13-25)21(26)24-8-10-29-11-9-24/h12,15-16H,2-11,13H2,1H3/t16-/m1/s1. The van der Waals surface area contributed by atoms with Crippen LogP contribution < -0.4 is 0 Å². The molecule has 11 heteroatoms. The second-order valence-corrected chi connectivity index (χ2v) is 11.9. The van der Waals surface area contributed by atoms with E-state index < -0.39 is 10.0 Å². The highest BCUT2D eigenvalue weighted by Gasteiger charge is 2.37. The number of hydrogen-bond acceptors (Lipinski definition) is 8. The Morgan fingerprint density at radius 3 is 2.66 bits per heavy atom. The third kappa shape index (κ3) is 4.11. The molecule has 2 aromatic rings. The van der Waals surface area contributed by atoms with E-state index in [0.717, 1.165) is 12.8 Å². The minimum atomic E-state index is -3.72. The van der Waals surface area contributed by atoms with E-state index in [1.165, 1.54) is 22.1 Å². The lowest BCUT2D eigenvalue weighted by Crippen LogP contribution is -2.49. The summed E-state index contributed by atoms with van der Waals surface area (Å²) in [7, 11) is -3.72. The molecule has 0 radical (unpaired) electrons. The highest BCUT2D eigenvalue weighted by molar-refractivity contribution is 7.89. The topological polar surface area (TPSA) is 106 Å². The Morgan fingerprint density at radius 2 is 1.94 bits per heavy atom. The van der Waals surface area contributed by atoms with Crippen LogP contribution in [0.2, 0.25) is 0 Å². The molecule has 0 bridgehead atoms. The van der Waals surface area contributed by atoms with E-state index in [9.17, 15) is 13.2 Å². The van der Waals surface area contributed by atoms with E-state index in [1.807, 2.05) is 0 Å². The van der Waals surface area contributed by atoms with Crippen molar-refractivity contribution in [3.8, 4) is 10.7 Å². The zero-order chi connectivity index (χ0) is 22.3. The smallest absolute Gasteiger partial charge is 0.244 e. The summed E-state index contributed by atoms with van der Waals surface area (Å²) in [5, 5.41) is 4.08. The number of amides is 1. The number of ether oxygens (including phenoxy) is 1. The number of aryl methyl sites for hydroxylation is 1. The molecule has 1 saturated carbocycles. The summed E-state index contributed by atoms with van der Waals surface area (Å²) >= 11 is 1.36. The minimum absolute atomic E-state index is 0.0336. The van der Waals surface area contributed by atoms with Crippen molar-refractivity contribution >= 4 is 27.3 Å².